The number of hydrogen-bond acceptors (Lipinski definition) is 2. The largest absolute Gasteiger partial charge is 0.330 e. The van der Waals surface area contributed by atoms with Gasteiger partial charge in [-0.15, -0.1) is 0 Å². The lowest BCUT2D eigenvalue weighted by Gasteiger charge is -2.20. The van der Waals surface area contributed by atoms with Crippen molar-refractivity contribution in [3.63, 3.8) is 0 Å². The molecule has 0 bridgehead atoms. The van der Waals surface area contributed by atoms with Crippen molar-refractivity contribution in [1.82, 2.24) is 5.32 Å². The molecular weight excluding hydrogens is 172 g/mol. The highest BCUT2D eigenvalue weighted by molar-refractivity contribution is 4.72. The maximum absolute atomic E-state index is 5.73. The minimum Gasteiger partial charge on any atom is -0.330 e. The Kier molecular flexibility index (Phi) is 5.49. The van der Waals surface area contributed by atoms with Crippen molar-refractivity contribution >= 4 is 0 Å². The third-order valence-corrected chi connectivity index (χ3v) is 3.56. The van der Waals surface area contributed by atoms with Crippen LogP contribution in [0.25, 0.3) is 0 Å². The number of nitrogens with two attached hydrogens (primary N) is 1. The zero-order chi connectivity index (χ0) is 10.4. The Bertz CT molecular complexity index is 139. The zero-order valence-electron chi connectivity index (χ0n) is 9.76. The topological polar surface area (TPSA) is 38.0 Å². The molecule has 2 heteroatoms. The van der Waals surface area contributed by atoms with Crippen molar-refractivity contribution < 1.29 is 0 Å². The second kappa shape index (κ2) is 6.41. The summed E-state index contributed by atoms with van der Waals surface area (Å²) in [4.78, 5) is 0. The molecule has 1 rings (SSSR count). The Hall–Kier alpha value is -0.0800. The molecule has 2 nitrogen and oxygen atoms in total. The van der Waals surface area contributed by atoms with Crippen LogP contribution in [-0.4, -0.2) is 19.6 Å². The van der Waals surface area contributed by atoms with Crippen LogP contribution in [0.1, 0.15) is 39.5 Å². The first-order valence-electron chi connectivity index (χ1n) is 6.14. The third kappa shape index (κ3) is 3.97. The molecule has 1 fully saturated rings. The molecule has 1 saturated carbocycles. The Labute approximate surface area is 88.6 Å². The van der Waals surface area contributed by atoms with Gasteiger partial charge in [0.15, 0.2) is 0 Å². The van der Waals surface area contributed by atoms with Crippen molar-refractivity contribution in [2.45, 2.75) is 39.5 Å². The molecular formula is C12H26N2. The van der Waals surface area contributed by atoms with Crippen LogP contribution in [-0.2, 0) is 0 Å². The highest BCUT2D eigenvalue weighted by Crippen LogP contribution is 2.23. The number of nitrogens with one attached hydrogen (secondary N) is 1. The van der Waals surface area contributed by atoms with E-state index in [0.29, 0.717) is 11.8 Å². The summed E-state index contributed by atoms with van der Waals surface area (Å²) in [7, 11) is 0. The lowest BCUT2D eigenvalue weighted by atomic mass is 9.96. The summed E-state index contributed by atoms with van der Waals surface area (Å²) < 4.78 is 0. The first-order valence-corrected chi connectivity index (χ1v) is 6.14. The van der Waals surface area contributed by atoms with Crippen LogP contribution in [0, 0.1) is 17.8 Å². The molecule has 0 aromatic heterocycles. The van der Waals surface area contributed by atoms with E-state index in [-0.39, 0.29) is 0 Å². The van der Waals surface area contributed by atoms with Gasteiger partial charge in [-0.05, 0) is 50.2 Å². The molecule has 1 unspecified atom stereocenters. The normalized spacial score (nSPS) is 20.6. The second-order valence-corrected chi connectivity index (χ2v) is 5.05. The van der Waals surface area contributed by atoms with Crippen LogP contribution >= 0.6 is 0 Å². The van der Waals surface area contributed by atoms with Crippen LogP contribution in [0.3, 0.4) is 0 Å². The van der Waals surface area contributed by atoms with Gasteiger partial charge >= 0.3 is 0 Å². The Balaban J connectivity index is 2.06. The molecule has 0 heterocycles. The fourth-order valence-electron chi connectivity index (χ4n) is 2.28. The van der Waals surface area contributed by atoms with E-state index < -0.39 is 0 Å². The molecule has 3 N–H and O–H groups in total. The highest BCUT2D eigenvalue weighted by atomic mass is 14.9. The molecule has 0 spiro atoms. The number of hydrogen-bond donors (Lipinski definition) is 2. The Morgan fingerprint density at radius 3 is 2.43 bits per heavy atom. The molecule has 0 aliphatic heterocycles. The standard InChI is InChI=1S/C12H26N2/c1-10(2)12(7-13)9-14-8-11-5-3-4-6-11/h10-12,14H,3-9,13H2,1-2H3. The van der Waals surface area contributed by atoms with Crippen LogP contribution in [0.2, 0.25) is 0 Å². The average molecular weight is 198 g/mol. The third-order valence-electron chi connectivity index (χ3n) is 3.56. The van der Waals surface area contributed by atoms with Gasteiger partial charge in [0.1, 0.15) is 0 Å². The van der Waals surface area contributed by atoms with Crippen molar-refractivity contribution in [1.29, 1.82) is 0 Å². The molecule has 1 aliphatic rings. The molecule has 14 heavy (non-hydrogen) atoms. The van der Waals surface area contributed by atoms with E-state index >= 15 is 0 Å². The van der Waals surface area contributed by atoms with E-state index in [1.165, 1.54) is 32.2 Å². The van der Waals surface area contributed by atoms with Gasteiger partial charge in [-0.2, -0.15) is 0 Å². The van der Waals surface area contributed by atoms with Crippen LogP contribution in [0.4, 0.5) is 0 Å². The van der Waals surface area contributed by atoms with Crippen molar-refractivity contribution in [2.24, 2.45) is 23.5 Å². The molecule has 0 amide bonds. The van der Waals surface area contributed by atoms with Gasteiger partial charge in [0, 0.05) is 0 Å². The lowest BCUT2D eigenvalue weighted by molar-refractivity contribution is 0.356. The molecule has 1 atom stereocenters. The summed E-state index contributed by atoms with van der Waals surface area (Å²) >= 11 is 0. The lowest BCUT2D eigenvalue weighted by Crippen LogP contribution is -2.33. The smallest absolute Gasteiger partial charge is 0.000589 e. The van der Waals surface area contributed by atoms with Gasteiger partial charge in [-0.3, -0.25) is 0 Å². The van der Waals surface area contributed by atoms with E-state index in [1.807, 2.05) is 0 Å². The minimum absolute atomic E-state index is 0.649. The Morgan fingerprint density at radius 2 is 1.93 bits per heavy atom. The summed E-state index contributed by atoms with van der Waals surface area (Å²) in [6.45, 7) is 7.65. The van der Waals surface area contributed by atoms with Gasteiger partial charge < -0.3 is 11.1 Å². The maximum Gasteiger partial charge on any atom is -0.000589 e. The molecule has 0 saturated heterocycles. The van der Waals surface area contributed by atoms with E-state index in [0.717, 1.165) is 19.0 Å². The van der Waals surface area contributed by atoms with E-state index in [2.05, 4.69) is 19.2 Å². The first-order chi connectivity index (χ1) is 6.74. The predicted molar refractivity (Wildman–Crippen MR) is 62.2 cm³/mol. The van der Waals surface area contributed by atoms with Crippen LogP contribution in [0.15, 0.2) is 0 Å². The monoisotopic (exact) mass is 198 g/mol. The molecule has 0 aromatic carbocycles. The second-order valence-electron chi connectivity index (χ2n) is 5.05. The van der Waals surface area contributed by atoms with Crippen molar-refractivity contribution in [2.75, 3.05) is 19.6 Å². The van der Waals surface area contributed by atoms with E-state index in [4.69, 9.17) is 5.73 Å². The van der Waals surface area contributed by atoms with Crippen LogP contribution < -0.4 is 11.1 Å². The maximum atomic E-state index is 5.73. The molecule has 84 valence electrons. The molecule has 0 aromatic rings. The van der Waals surface area contributed by atoms with Crippen molar-refractivity contribution in [3.05, 3.63) is 0 Å². The minimum atomic E-state index is 0.649. The SMILES string of the molecule is CC(C)C(CN)CNCC1CCCC1. The molecule has 1 aliphatic carbocycles. The summed E-state index contributed by atoms with van der Waals surface area (Å²) in [5.41, 5.74) is 5.73. The summed E-state index contributed by atoms with van der Waals surface area (Å²) in [5.74, 6) is 2.30. The van der Waals surface area contributed by atoms with E-state index in [1.54, 1.807) is 0 Å². The molecule has 0 radical (unpaired) electrons. The summed E-state index contributed by atoms with van der Waals surface area (Å²) in [6.07, 6.45) is 5.75. The fraction of sp³-hybridized carbons (Fsp3) is 1.00. The number of rotatable bonds is 6. The first kappa shape index (κ1) is 12.0. The highest BCUT2D eigenvalue weighted by Gasteiger charge is 2.16. The van der Waals surface area contributed by atoms with E-state index in [9.17, 15) is 0 Å². The van der Waals surface area contributed by atoms with Gasteiger partial charge in [0.2, 0.25) is 0 Å². The van der Waals surface area contributed by atoms with Crippen LogP contribution in [0.5, 0.6) is 0 Å². The Morgan fingerprint density at radius 1 is 1.29 bits per heavy atom. The van der Waals surface area contributed by atoms with Gasteiger partial charge in [-0.1, -0.05) is 26.7 Å². The summed E-state index contributed by atoms with van der Waals surface area (Å²) in [6, 6.07) is 0. The van der Waals surface area contributed by atoms with Gasteiger partial charge in [0.05, 0.1) is 0 Å². The zero-order valence-corrected chi connectivity index (χ0v) is 9.76. The summed E-state index contributed by atoms with van der Waals surface area (Å²) in [5, 5.41) is 3.58. The van der Waals surface area contributed by atoms with Crippen molar-refractivity contribution in [3.8, 4) is 0 Å². The fourth-order valence-corrected chi connectivity index (χ4v) is 2.28. The quantitative estimate of drug-likeness (QED) is 0.685. The van der Waals surface area contributed by atoms with Gasteiger partial charge in [-0.25, -0.2) is 0 Å². The van der Waals surface area contributed by atoms with Gasteiger partial charge in [0.25, 0.3) is 0 Å². The average Bonchev–Trinajstić information content (AvgIpc) is 2.64. The predicted octanol–water partition coefficient (Wildman–Crippen LogP) is 2.00.